The zero-order chi connectivity index (χ0) is 10.9. The Morgan fingerprint density at radius 3 is 2.60 bits per heavy atom. The maximum absolute atomic E-state index is 5.10. The molecule has 0 spiro atoms. The van der Waals surface area contributed by atoms with Crippen molar-refractivity contribution >= 4 is 0 Å². The zero-order valence-corrected chi connectivity index (χ0v) is 10.4. The highest BCUT2D eigenvalue weighted by molar-refractivity contribution is 4.78. The molecule has 0 heterocycles. The molecule has 2 heteroatoms. The van der Waals surface area contributed by atoms with Crippen LogP contribution in [0.5, 0.6) is 0 Å². The molecule has 0 amide bonds. The van der Waals surface area contributed by atoms with E-state index in [0.29, 0.717) is 0 Å². The van der Waals surface area contributed by atoms with Gasteiger partial charge in [-0.15, -0.1) is 0 Å². The lowest BCUT2D eigenvalue weighted by molar-refractivity contribution is 0.182. The van der Waals surface area contributed by atoms with Gasteiger partial charge in [-0.05, 0) is 25.2 Å². The van der Waals surface area contributed by atoms with Crippen LogP contribution in [0, 0.1) is 5.92 Å². The van der Waals surface area contributed by atoms with Crippen molar-refractivity contribution in [1.29, 1.82) is 0 Å². The molecule has 0 bridgehead atoms. The fourth-order valence-corrected chi connectivity index (χ4v) is 2.70. The van der Waals surface area contributed by atoms with Crippen LogP contribution in [-0.2, 0) is 4.74 Å². The van der Waals surface area contributed by atoms with Crippen molar-refractivity contribution in [2.24, 2.45) is 5.92 Å². The Bertz CT molecular complexity index is 143. The van der Waals surface area contributed by atoms with Crippen molar-refractivity contribution in [1.82, 2.24) is 5.32 Å². The molecule has 0 aromatic heterocycles. The second kappa shape index (κ2) is 8.12. The molecule has 0 radical (unpaired) electrons. The van der Waals surface area contributed by atoms with Crippen molar-refractivity contribution < 1.29 is 4.74 Å². The lowest BCUT2D eigenvalue weighted by Crippen LogP contribution is -2.38. The van der Waals surface area contributed by atoms with Gasteiger partial charge in [0.1, 0.15) is 0 Å². The number of nitrogens with one attached hydrogen (secondary N) is 1. The van der Waals surface area contributed by atoms with Gasteiger partial charge in [0.15, 0.2) is 0 Å². The van der Waals surface area contributed by atoms with Crippen molar-refractivity contribution in [3.05, 3.63) is 0 Å². The summed E-state index contributed by atoms with van der Waals surface area (Å²) < 4.78 is 5.10. The molecular weight excluding hydrogens is 186 g/mol. The molecule has 0 aromatic rings. The monoisotopic (exact) mass is 213 g/mol. The summed E-state index contributed by atoms with van der Waals surface area (Å²) in [6, 6.07) is 0.741. The van der Waals surface area contributed by atoms with E-state index in [0.717, 1.165) is 25.1 Å². The van der Waals surface area contributed by atoms with Gasteiger partial charge in [0.25, 0.3) is 0 Å². The second-order valence-electron chi connectivity index (χ2n) is 4.74. The van der Waals surface area contributed by atoms with Crippen molar-refractivity contribution in [3.8, 4) is 0 Å². The zero-order valence-electron chi connectivity index (χ0n) is 10.4. The van der Waals surface area contributed by atoms with E-state index in [1.165, 1.54) is 44.9 Å². The Morgan fingerprint density at radius 2 is 2.00 bits per heavy atom. The highest BCUT2D eigenvalue weighted by Crippen LogP contribution is 2.28. The predicted octanol–water partition coefficient (Wildman–Crippen LogP) is 2.97. The Balaban J connectivity index is 2.26. The SMILES string of the molecule is CCCC(NCCOC)C1CCCCC1. The Hall–Kier alpha value is -0.0800. The molecule has 0 aliphatic heterocycles. The first-order valence-corrected chi connectivity index (χ1v) is 6.60. The van der Waals surface area contributed by atoms with E-state index in [9.17, 15) is 0 Å². The molecule has 90 valence electrons. The highest BCUT2D eigenvalue weighted by atomic mass is 16.5. The molecule has 1 rings (SSSR count). The fraction of sp³-hybridized carbons (Fsp3) is 1.00. The summed E-state index contributed by atoms with van der Waals surface area (Å²) >= 11 is 0. The van der Waals surface area contributed by atoms with Gasteiger partial charge in [0.2, 0.25) is 0 Å². The molecule has 0 aromatic carbocycles. The summed E-state index contributed by atoms with van der Waals surface area (Å²) in [4.78, 5) is 0. The molecule has 2 nitrogen and oxygen atoms in total. The van der Waals surface area contributed by atoms with Gasteiger partial charge >= 0.3 is 0 Å². The molecule has 0 saturated heterocycles. The van der Waals surface area contributed by atoms with Crippen LogP contribution >= 0.6 is 0 Å². The normalized spacial score (nSPS) is 20.4. The highest BCUT2D eigenvalue weighted by Gasteiger charge is 2.22. The molecule has 1 fully saturated rings. The van der Waals surface area contributed by atoms with Crippen molar-refractivity contribution in [2.45, 2.75) is 57.9 Å². The van der Waals surface area contributed by atoms with Crippen LogP contribution in [0.15, 0.2) is 0 Å². The number of ether oxygens (including phenoxy) is 1. The predicted molar refractivity (Wildman–Crippen MR) is 65.1 cm³/mol. The van der Waals surface area contributed by atoms with Gasteiger partial charge in [-0.3, -0.25) is 0 Å². The van der Waals surface area contributed by atoms with Gasteiger partial charge in [0, 0.05) is 19.7 Å². The second-order valence-corrected chi connectivity index (χ2v) is 4.74. The van der Waals surface area contributed by atoms with Crippen molar-refractivity contribution in [2.75, 3.05) is 20.3 Å². The summed E-state index contributed by atoms with van der Waals surface area (Å²) in [6.07, 6.45) is 9.83. The molecule has 1 aliphatic rings. The van der Waals surface area contributed by atoms with E-state index in [4.69, 9.17) is 4.74 Å². The van der Waals surface area contributed by atoms with Crippen LogP contribution < -0.4 is 5.32 Å². The Morgan fingerprint density at radius 1 is 1.27 bits per heavy atom. The maximum Gasteiger partial charge on any atom is 0.0587 e. The third-order valence-corrected chi connectivity index (χ3v) is 3.53. The molecule has 1 N–H and O–H groups in total. The lowest BCUT2D eigenvalue weighted by Gasteiger charge is -2.31. The number of hydrogen-bond donors (Lipinski definition) is 1. The van der Waals surface area contributed by atoms with E-state index in [1.807, 2.05) is 0 Å². The third-order valence-electron chi connectivity index (χ3n) is 3.53. The minimum absolute atomic E-state index is 0.741. The maximum atomic E-state index is 5.10. The summed E-state index contributed by atoms with van der Waals surface area (Å²) in [5.74, 6) is 0.926. The van der Waals surface area contributed by atoms with Crippen LogP contribution in [0.2, 0.25) is 0 Å². The Labute approximate surface area is 94.8 Å². The number of rotatable bonds is 7. The first-order chi connectivity index (χ1) is 7.38. The topological polar surface area (TPSA) is 21.3 Å². The fourth-order valence-electron chi connectivity index (χ4n) is 2.70. The first kappa shape index (κ1) is 13.0. The first-order valence-electron chi connectivity index (χ1n) is 6.60. The standard InChI is InChI=1S/C13H27NO/c1-3-7-13(14-10-11-15-2)12-8-5-4-6-9-12/h12-14H,3-11H2,1-2H3. The van der Waals surface area contributed by atoms with Gasteiger partial charge in [-0.2, -0.15) is 0 Å². The minimum Gasteiger partial charge on any atom is -0.383 e. The minimum atomic E-state index is 0.741. The van der Waals surface area contributed by atoms with Crippen LogP contribution in [0.4, 0.5) is 0 Å². The number of hydrogen-bond acceptors (Lipinski definition) is 2. The Kier molecular flexibility index (Phi) is 7.03. The van der Waals surface area contributed by atoms with Crippen LogP contribution in [0.1, 0.15) is 51.9 Å². The average molecular weight is 213 g/mol. The quantitative estimate of drug-likeness (QED) is 0.656. The third kappa shape index (κ3) is 4.98. The number of methoxy groups -OCH3 is 1. The molecule has 1 atom stereocenters. The van der Waals surface area contributed by atoms with Gasteiger partial charge in [-0.1, -0.05) is 32.6 Å². The van der Waals surface area contributed by atoms with Gasteiger partial charge in [-0.25, -0.2) is 0 Å². The van der Waals surface area contributed by atoms with Crippen LogP contribution in [0.3, 0.4) is 0 Å². The molecule has 1 aliphatic carbocycles. The lowest BCUT2D eigenvalue weighted by atomic mass is 9.82. The average Bonchev–Trinajstić information content (AvgIpc) is 2.29. The van der Waals surface area contributed by atoms with Crippen LogP contribution in [-0.4, -0.2) is 26.3 Å². The van der Waals surface area contributed by atoms with Crippen LogP contribution in [0.25, 0.3) is 0 Å². The summed E-state index contributed by atoms with van der Waals surface area (Å²) in [5.41, 5.74) is 0. The van der Waals surface area contributed by atoms with Gasteiger partial charge < -0.3 is 10.1 Å². The van der Waals surface area contributed by atoms with E-state index < -0.39 is 0 Å². The summed E-state index contributed by atoms with van der Waals surface area (Å²) in [6.45, 7) is 4.14. The molecule has 15 heavy (non-hydrogen) atoms. The van der Waals surface area contributed by atoms with E-state index >= 15 is 0 Å². The smallest absolute Gasteiger partial charge is 0.0587 e. The summed E-state index contributed by atoms with van der Waals surface area (Å²) in [7, 11) is 1.77. The molecule has 1 saturated carbocycles. The van der Waals surface area contributed by atoms with E-state index in [1.54, 1.807) is 7.11 Å². The van der Waals surface area contributed by atoms with Gasteiger partial charge in [0.05, 0.1) is 6.61 Å². The largest absolute Gasteiger partial charge is 0.383 e. The molecular formula is C13H27NO. The molecule has 1 unspecified atom stereocenters. The van der Waals surface area contributed by atoms with E-state index in [-0.39, 0.29) is 0 Å². The summed E-state index contributed by atoms with van der Waals surface area (Å²) in [5, 5.41) is 3.67. The van der Waals surface area contributed by atoms with Crippen molar-refractivity contribution in [3.63, 3.8) is 0 Å². The van der Waals surface area contributed by atoms with E-state index in [2.05, 4.69) is 12.2 Å².